The lowest BCUT2D eigenvalue weighted by molar-refractivity contribution is -0.151. The lowest BCUT2D eigenvalue weighted by Gasteiger charge is -2.39. The Labute approximate surface area is 227 Å². The van der Waals surface area contributed by atoms with E-state index < -0.39 is 64.7 Å². The summed E-state index contributed by atoms with van der Waals surface area (Å²) < 4.78 is 41.3. The number of amidine groups is 1. The van der Waals surface area contributed by atoms with Gasteiger partial charge in [0.25, 0.3) is 10.0 Å². The Morgan fingerprint density at radius 1 is 1.18 bits per heavy atom. The van der Waals surface area contributed by atoms with E-state index in [1.54, 1.807) is 17.0 Å². The number of hydrogen-bond acceptors (Lipinski definition) is 9. The van der Waals surface area contributed by atoms with Gasteiger partial charge < -0.3 is 40.1 Å². The Morgan fingerprint density at radius 3 is 2.31 bits per heavy atom. The van der Waals surface area contributed by atoms with Crippen LogP contribution in [0.3, 0.4) is 0 Å². The van der Waals surface area contributed by atoms with E-state index in [1.165, 1.54) is 19.1 Å². The van der Waals surface area contributed by atoms with Crippen molar-refractivity contribution < 1.29 is 47.9 Å². The van der Waals surface area contributed by atoms with Gasteiger partial charge in [-0.05, 0) is 39.0 Å². The van der Waals surface area contributed by atoms with E-state index in [2.05, 4.69) is 9.71 Å². The lowest BCUT2D eigenvalue weighted by Crippen LogP contribution is -2.60. The highest BCUT2D eigenvalue weighted by molar-refractivity contribution is 7.90. The third-order valence-corrected chi connectivity index (χ3v) is 7.41. The van der Waals surface area contributed by atoms with Crippen LogP contribution in [0.2, 0.25) is 0 Å². The summed E-state index contributed by atoms with van der Waals surface area (Å²) in [5, 5.41) is 41.7. The molecule has 0 aliphatic carbocycles. The van der Waals surface area contributed by atoms with Crippen LogP contribution in [-0.4, -0.2) is 108 Å². The molecule has 5 N–H and O–H groups in total. The van der Waals surface area contributed by atoms with Crippen molar-refractivity contribution in [2.24, 2.45) is 4.40 Å². The van der Waals surface area contributed by atoms with Crippen LogP contribution >= 0.6 is 0 Å². The van der Waals surface area contributed by atoms with Crippen molar-refractivity contribution >= 4 is 27.7 Å². The molecule has 0 saturated heterocycles. The zero-order valence-corrected chi connectivity index (χ0v) is 23.2. The Hall–Kier alpha value is -3.04. The zero-order valence-electron chi connectivity index (χ0n) is 22.4. The molecule has 0 fully saturated rings. The standard InChI is InChI=1S/C25H37N3O10S/c1-5-28(6-2)21(27-39(35,36)17-9-7-15(3)8-10-17)11-12-37-19-13-20(25(33)34)38-24(22(19)26-16(4)30)23(32)18(31)14-29/h7-10,13,18-19,22-24,29,31-32H,5-6,11-12,14H2,1-4H3,(H,26,30)(H,33,34)/t18-,19+,22-,23-,24-/m1/s1. The molecule has 1 aliphatic heterocycles. The van der Waals surface area contributed by atoms with Gasteiger partial charge in [-0.3, -0.25) is 4.79 Å². The van der Waals surface area contributed by atoms with Crippen molar-refractivity contribution in [3.8, 4) is 0 Å². The van der Waals surface area contributed by atoms with Crippen LogP contribution in [0.4, 0.5) is 0 Å². The highest BCUT2D eigenvalue weighted by Crippen LogP contribution is 2.25. The maximum absolute atomic E-state index is 13.0. The molecule has 39 heavy (non-hydrogen) atoms. The number of aliphatic hydroxyl groups is 3. The maximum Gasteiger partial charge on any atom is 0.370 e. The van der Waals surface area contributed by atoms with Crippen LogP contribution < -0.4 is 5.32 Å². The molecule has 218 valence electrons. The summed E-state index contributed by atoms with van der Waals surface area (Å²) in [6.07, 6.45) is -4.96. The largest absolute Gasteiger partial charge is 0.478 e. The fraction of sp³-hybridized carbons (Fsp3) is 0.560. The number of carboxylic acids is 1. The fourth-order valence-electron chi connectivity index (χ4n) is 4.02. The van der Waals surface area contributed by atoms with Crippen molar-refractivity contribution in [3.63, 3.8) is 0 Å². The molecule has 0 unspecified atom stereocenters. The molecule has 0 bridgehead atoms. The molecule has 0 saturated carbocycles. The van der Waals surface area contributed by atoms with Gasteiger partial charge in [-0.1, -0.05) is 17.7 Å². The molecule has 13 nitrogen and oxygen atoms in total. The average molecular weight is 572 g/mol. The van der Waals surface area contributed by atoms with E-state index in [1.807, 2.05) is 20.8 Å². The normalized spacial score (nSPS) is 21.4. The first kappa shape index (κ1) is 32.2. The van der Waals surface area contributed by atoms with Crippen molar-refractivity contribution in [1.29, 1.82) is 0 Å². The van der Waals surface area contributed by atoms with E-state index in [0.29, 0.717) is 13.1 Å². The van der Waals surface area contributed by atoms with Gasteiger partial charge in [0.1, 0.15) is 24.1 Å². The Kier molecular flexibility index (Phi) is 11.9. The van der Waals surface area contributed by atoms with Crippen molar-refractivity contribution in [2.75, 3.05) is 26.3 Å². The van der Waals surface area contributed by atoms with E-state index in [0.717, 1.165) is 11.6 Å². The van der Waals surface area contributed by atoms with Crippen molar-refractivity contribution in [3.05, 3.63) is 41.7 Å². The van der Waals surface area contributed by atoms with Crippen molar-refractivity contribution in [2.45, 2.75) is 69.5 Å². The molecule has 1 heterocycles. The number of aliphatic hydroxyl groups excluding tert-OH is 3. The van der Waals surface area contributed by atoms with E-state index in [-0.39, 0.29) is 23.8 Å². The van der Waals surface area contributed by atoms with Gasteiger partial charge in [-0.2, -0.15) is 8.42 Å². The molecular formula is C25H37N3O10S. The minimum absolute atomic E-state index is 0.0135. The first-order valence-electron chi connectivity index (χ1n) is 12.5. The number of carboxylic acid groups (broad SMARTS) is 1. The van der Waals surface area contributed by atoms with Crippen LogP contribution in [0, 0.1) is 6.92 Å². The molecule has 14 heteroatoms. The number of carbonyl (C=O) groups is 2. The summed E-state index contributed by atoms with van der Waals surface area (Å²) in [5.74, 6) is -2.39. The number of rotatable bonds is 13. The van der Waals surface area contributed by atoms with Gasteiger partial charge in [0.2, 0.25) is 11.7 Å². The molecule has 1 aromatic carbocycles. The van der Waals surface area contributed by atoms with Crippen LogP contribution in [0.1, 0.15) is 32.8 Å². The number of sulfonamides is 1. The monoisotopic (exact) mass is 571 g/mol. The van der Waals surface area contributed by atoms with Crippen molar-refractivity contribution in [1.82, 2.24) is 10.2 Å². The highest BCUT2D eigenvalue weighted by Gasteiger charge is 2.44. The number of nitrogens with one attached hydrogen (secondary N) is 1. The molecule has 1 aliphatic rings. The van der Waals surface area contributed by atoms with Gasteiger partial charge in [-0.25, -0.2) is 4.79 Å². The number of nitrogens with zero attached hydrogens (tertiary/aromatic N) is 2. The summed E-state index contributed by atoms with van der Waals surface area (Å²) >= 11 is 0. The topological polar surface area (TPSA) is 195 Å². The predicted molar refractivity (Wildman–Crippen MR) is 140 cm³/mol. The van der Waals surface area contributed by atoms with Gasteiger partial charge in [0.15, 0.2) is 6.10 Å². The second kappa shape index (κ2) is 14.4. The van der Waals surface area contributed by atoms with Gasteiger partial charge in [0.05, 0.1) is 24.2 Å². The molecular weight excluding hydrogens is 534 g/mol. The van der Waals surface area contributed by atoms with Crippen LogP contribution in [0.15, 0.2) is 45.4 Å². The molecule has 0 spiro atoms. The number of amides is 1. The maximum atomic E-state index is 13.0. The fourth-order valence-corrected chi connectivity index (χ4v) is 5.09. The minimum Gasteiger partial charge on any atom is -0.478 e. The summed E-state index contributed by atoms with van der Waals surface area (Å²) in [4.78, 5) is 25.3. The summed E-state index contributed by atoms with van der Waals surface area (Å²) in [6.45, 7) is 6.64. The quantitative estimate of drug-likeness (QED) is 0.155. The average Bonchev–Trinajstić information content (AvgIpc) is 2.88. The third-order valence-electron chi connectivity index (χ3n) is 6.09. The predicted octanol–water partition coefficient (Wildman–Crippen LogP) is -0.215. The number of benzene rings is 1. The summed E-state index contributed by atoms with van der Waals surface area (Å²) in [6, 6.07) is 5.12. The number of ether oxygens (including phenoxy) is 2. The smallest absolute Gasteiger partial charge is 0.370 e. The van der Waals surface area contributed by atoms with Crippen LogP contribution in [0.5, 0.6) is 0 Å². The number of carbonyl (C=O) groups excluding carboxylic acids is 1. The van der Waals surface area contributed by atoms with E-state index >= 15 is 0 Å². The van der Waals surface area contributed by atoms with Gasteiger partial charge in [0, 0.05) is 26.4 Å². The van der Waals surface area contributed by atoms with Crippen LogP contribution in [-0.2, 0) is 29.1 Å². The number of aryl methyl sites for hydroxylation is 1. The summed E-state index contributed by atoms with van der Waals surface area (Å²) in [7, 11) is -4.04. The first-order valence-corrected chi connectivity index (χ1v) is 13.9. The summed E-state index contributed by atoms with van der Waals surface area (Å²) in [5.41, 5.74) is 0.893. The molecule has 2 rings (SSSR count). The van der Waals surface area contributed by atoms with E-state index in [9.17, 15) is 38.4 Å². The lowest BCUT2D eigenvalue weighted by atomic mass is 9.93. The second-order valence-electron chi connectivity index (χ2n) is 8.94. The van der Waals surface area contributed by atoms with E-state index in [4.69, 9.17) is 9.47 Å². The minimum atomic E-state index is -4.04. The SMILES string of the molecule is CCN(CC)C(CCO[C@H]1C=C(C(=O)O)O[C@@H]([C@H](O)[C@H](O)CO)[C@@H]1NC(C)=O)=NS(=O)(=O)c1ccc(C)cc1. The van der Waals surface area contributed by atoms with Gasteiger partial charge >= 0.3 is 5.97 Å². The highest BCUT2D eigenvalue weighted by atomic mass is 32.2. The molecule has 5 atom stereocenters. The Balaban J connectivity index is 2.36. The number of aliphatic carboxylic acids is 1. The molecule has 0 radical (unpaired) electrons. The molecule has 1 amide bonds. The second-order valence-corrected chi connectivity index (χ2v) is 10.5. The Morgan fingerprint density at radius 2 is 1.79 bits per heavy atom. The zero-order chi connectivity index (χ0) is 29.3. The Bertz CT molecular complexity index is 1150. The first-order chi connectivity index (χ1) is 18.3. The molecule has 1 aromatic rings. The van der Waals surface area contributed by atoms with Crippen LogP contribution in [0.25, 0.3) is 0 Å². The van der Waals surface area contributed by atoms with Gasteiger partial charge in [-0.15, -0.1) is 4.40 Å². The molecule has 0 aromatic heterocycles. The number of hydrogen-bond donors (Lipinski definition) is 5. The third kappa shape index (κ3) is 8.73.